The fraction of sp³-hybridized carbons (Fsp3) is 0.435. The van der Waals surface area contributed by atoms with Gasteiger partial charge in [0.2, 0.25) is 0 Å². The molecule has 8 rings (SSSR count). The Morgan fingerprint density at radius 1 is 0.621 bits per heavy atom. The number of methoxy groups -OCH3 is 2. The molecule has 0 spiro atoms. The van der Waals surface area contributed by atoms with Crippen LogP contribution in [0.2, 0.25) is 0 Å². The zero-order valence-corrected chi connectivity index (χ0v) is 34.0. The molecule has 2 aliphatic carbocycles. The van der Waals surface area contributed by atoms with Crippen LogP contribution in [0, 0.1) is 35.5 Å². The summed E-state index contributed by atoms with van der Waals surface area (Å²) in [5.41, 5.74) is 5.05. The van der Waals surface area contributed by atoms with E-state index >= 15 is 0 Å². The number of nitrogens with zero attached hydrogens (tertiary/aromatic N) is 2. The van der Waals surface area contributed by atoms with Gasteiger partial charge in [-0.15, -0.1) is 0 Å². The molecule has 0 bridgehead atoms. The van der Waals surface area contributed by atoms with E-state index in [9.17, 15) is 19.2 Å². The van der Waals surface area contributed by atoms with Gasteiger partial charge < -0.3 is 29.6 Å². The molecule has 4 aromatic rings. The summed E-state index contributed by atoms with van der Waals surface area (Å²) < 4.78 is 21.5. The van der Waals surface area contributed by atoms with Crippen molar-refractivity contribution < 1.29 is 38.1 Å². The second-order valence-electron chi connectivity index (χ2n) is 15.8. The van der Waals surface area contributed by atoms with Crippen molar-refractivity contribution >= 4 is 23.4 Å². The van der Waals surface area contributed by atoms with Crippen LogP contribution in [0.15, 0.2) is 72.8 Å². The summed E-state index contributed by atoms with van der Waals surface area (Å²) in [5.74, 6) is 3.79. The van der Waals surface area contributed by atoms with E-state index in [4.69, 9.17) is 18.9 Å². The maximum atomic E-state index is 13.0. The second-order valence-corrected chi connectivity index (χ2v) is 15.8. The normalized spacial score (nSPS) is 23.2. The molecule has 0 radical (unpaired) electrons. The molecule has 12 nitrogen and oxygen atoms in total. The third kappa shape index (κ3) is 8.83. The number of ketones is 2. The zero-order valence-electron chi connectivity index (χ0n) is 34.0. The number of nitrogens with one attached hydrogen (secondary N) is 2. The van der Waals surface area contributed by atoms with E-state index in [1.54, 1.807) is 40.4 Å². The topological polar surface area (TPSA) is 155 Å². The number of carbonyl (C=O) groups is 4. The van der Waals surface area contributed by atoms with E-state index in [-0.39, 0.29) is 46.6 Å². The Hall–Kier alpha value is -5.46. The van der Waals surface area contributed by atoms with E-state index < -0.39 is 0 Å². The molecule has 58 heavy (non-hydrogen) atoms. The summed E-state index contributed by atoms with van der Waals surface area (Å²) in [4.78, 5) is 59.6. The van der Waals surface area contributed by atoms with Gasteiger partial charge in [0.25, 0.3) is 11.8 Å². The van der Waals surface area contributed by atoms with E-state index in [1.165, 1.54) is 0 Å². The van der Waals surface area contributed by atoms with Crippen LogP contribution in [0.3, 0.4) is 0 Å². The minimum absolute atomic E-state index is 0.0658. The van der Waals surface area contributed by atoms with E-state index in [2.05, 4.69) is 20.6 Å². The summed E-state index contributed by atoms with van der Waals surface area (Å²) in [7, 11) is 6.39. The molecule has 2 amide bonds. The largest absolute Gasteiger partial charge is 0.497 e. The standard InChI is InChI=1S/2C23H26N2O4/c2*1-13(14-5-4-6-16(7-14)28-3)20-8-15(9-21(25-20)23(27)24-2)22(26)10-17-18-11-29-12-19(17)18/h2*4-9,13,17-19H,10-12H2,1-3H3,(H,24,27)/t2*13-,17?,18-,19+/m10/s1. The molecule has 2 saturated carbocycles. The van der Waals surface area contributed by atoms with Crippen molar-refractivity contribution in [1.82, 2.24) is 20.6 Å². The zero-order chi connectivity index (χ0) is 41.1. The van der Waals surface area contributed by atoms with Gasteiger partial charge in [0.15, 0.2) is 11.6 Å². The highest BCUT2D eigenvalue weighted by Gasteiger charge is 2.55. The molecular formula is C46H52N4O8. The number of Topliss-reactive ketones (excluding diaryl/α,β-unsaturated/α-hetero) is 2. The maximum Gasteiger partial charge on any atom is 0.269 e. The molecule has 2 unspecified atom stereocenters. The number of rotatable bonds is 14. The SMILES string of the molecule is CNC(=O)c1cc(C(=O)CC2[C@H]3COC[C@@H]23)cc([C@@H](C)c2cccc(OC)c2)n1.CNC(=O)c1cc(C(=O)CC2[C@H]3COC[C@@H]23)cc([C@H](C)c2cccc(OC)c2)n1. The van der Waals surface area contributed by atoms with Crippen LogP contribution in [0.5, 0.6) is 11.5 Å². The first kappa shape index (κ1) is 40.7. The molecule has 12 heteroatoms. The maximum absolute atomic E-state index is 13.0. The molecule has 4 fully saturated rings. The van der Waals surface area contributed by atoms with Gasteiger partial charge in [-0.05, 0) is 95.2 Å². The van der Waals surface area contributed by atoms with Gasteiger partial charge in [-0.1, -0.05) is 38.1 Å². The molecule has 2 aliphatic heterocycles. The molecule has 2 aromatic carbocycles. The monoisotopic (exact) mass is 788 g/mol. The second kappa shape index (κ2) is 17.6. The number of hydrogen-bond donors (Lipinski definition) is 2. The van der Waals surface area contributed by atoms with E-state index in [0.29, 0.717) is 70.9 Å². The highest BCUT2D eigenvalue weighted by atomic mass is 16.5. The van der Waals surface area contributed by atoms with E-state index in [1.807, 2.05) is 74.5 Å². The predicted molar refractivity (Wildman–Crippen MR) is 217 cm³/mol. The summed E-state index contributed by atoms with van der Waals surface area (Å²) >= 11 is 0. The van der Waals surface area contributed by atoms with Crippen molar-refractivity contribution in [3.05, 3.63) is 118 Å². The van der Waals surface area contributed by atoms with Crippen LogP contribution < -0.4 is 20.1 Å². The summed E-state index contributed by atoms with van der Waals surface area (Å²) in [6, 6.07) is 22.4. The van der Waals surface area contributed by atoms with Crippen molar-refractivity contribution in [2.24, 2.45) is 35.5 Å². The Balaban J connectivity index is 0.000000177. The molecule has 2 saturated heterocycles. The highest BCUT2D eigenvalue weighted by Crippen LogP contribution is 2.53. The first-order valence-corrected chi connectivity index (χ1v) is 20.0. The number of amides is 2. The number of pyridine rings is 2. The molecule has 4 heterocycles. The van der Waals surface area contributed by atoms with Crippen molar-refractivity contribution in [2.75, 3.05) is 54.7 Å². The molecule has 2 aromatic heterocycles. The number of hydrogen-bond acceptors (Lipinski definition) is 10. The number of fused-ring (bicyclic) bond motifs is 2. The average molecular weight is 789 g/mol. The number of aromatic nitrogens is 2. The summed E-state index contributed by atoms with van der Waals surface area (Å²) in [5, 5.41) is 5.22. The van der Waals surface area contributed by atoms with Crippen molar-refractivity contribution in [2.45, 2.75) is 38.5 Å². The first-order chi connectivity index (χ1) is 28.0. The molecule has 4 aliphatic rings. The van der Waals surface area contributed by atoms with Crippen molar-refractivity contribution in [3.63, 3.8) is 0 Å². The van der Waals surface area contributed by atoms with Crippen LogP contribution in [-0.2, 0) is 9.47 Å². The first-order valence-electron chi connectivity index (χ1n) is 20.0. The van der Waals surface area contributed by atoms with Gasteiger partial charge in [0, 0.05) is 61.3 Å². The van der Waals surface area contributed by atoms with Crippen LogP contribution >= 0.6 is 0 Å². The lowest BCUT2D eigenvalue weighted by Crippen LogP contribution is -2.21. The Morgan fingerprint density at radius 2 is 1.00 bits per heavy atom. The fourth-order valence-electron chi connectivity index (χ4n) is 8.51. The third-order valence-corrected chi connectivity index (χ3v) is 12.4. The van der Waals surface area contributed by atoms with Gasteiger partial charge in [0.1, 0.15) is 22.9 Å². The van der Waals surface area contributed by atoms with Crippen molar-refractivity contribution in [1.29, 1.82) is 0 Å². The lowest BCUT2D eigenvalue weighted by Gasteiger charge is -2.15. The van der Waals surface area contributed by atoms with Gasteiger partial charge >= 0.3 is 0 Å². The minimum Gasteiger partial charge on any atom is -0.497 e. The summed E-state index contributed by atoms with van der Waals surface area (Å²) in [6.07, 6.45) is 1.01. The molecular weight excluding hydrogens is 737 g/mol. The minimum atomic E-state index is -0.296. The average Bonchev–Trinajstić information content (AvgIpc) is 3.85. The van der Waals surface area contributed by atoms with Gasteiger partial charge in [-0.2, -0.15) is 0 Å². The summed E-state index contributed by atoms with van der Waals surface area (Å²) in [6.45, 7) is 7.09. The van der Waals surface area contributed by atoms with Gasteiger partial charge in [-0.3, -0.25) is 19.2 Å². The molecule has 304 valence electrons. The number of ether oxygens (including phenoxy) is 4. The van der Waals surface area contributed by atoms with E-state index in [0.717, 1.165) is 49.1 Å². The lowest BCUT2D eigenvalue weighted by atomic mass is 9.94. The highest BCUT2D eigenvalue weighted by molar-refractivity contribution is 6.01. The quantitative estimate of drug-likeness (QED) is 0.143. The number of benzene rings is 2. The third-order valence-electron chi connectivity index (χ3n) is 12.4. The number of carbonyl (C=O) groups excluding carboxylic acids is 4. The van der Waals surface area contributed by atoms with Crippen LogP contribution in [0.25, 0.3) is 0 Å². The van der Waals surface area contributed by atoms with Gasteiger partial charge in [-0.25, -0.2) is 9.97 Å². The molecule has 8 atom stereocenters. The van der Waals surface area contributed by atoms with Crippen LogP contribution in [-0.4, -0.2) is 88.1 Å². The van der Waals surface area contributed by atoms with Crippen molar-refractivity contribution in [3.8, 4) is 11.5 Å². The predicted octanol–water partition coefficient (Wildman–Crippen LogP) is 6.13. The van der Waals surface area contributed by atoms with Crippen LogP contribution in [0.1, 0.15) is 103 Å². The molecule has 2 N–H and O–H groups in total. The van der Waals surface area contributed by atoms with Crippen LogP contribution in [0.4, 0.5) is 0 Å². The Labute approximate surface area is 339 Å². The smallest absolute Gasteiger partial charge is 0.269 e. The lowest BCUT2D eigenvalue weighted by molar-refractivity contribution is 0.0937. The Kier molecular flexibility index (Phi) is 12.3. The Morgan fingerprint density at radius 3 is 1.34 bits per heavy atom. The van der Waals surface area contributed by atoms with Gasteiger partial charge in [0.05, 0.1) is 40.6 Å². The Bertz CT molecular complexity index is 2020. The fourth-order valence-corrected chi connectivity index (χ4v) is 8.51.